The summed E-state index contributed by atoms with van der Waals surface area (Å²) >= 11 is 0. The maximum Gasteiger partial charge on any atom is 0.431 e. The summed E-state index contributed by atoms with van der Waals surface area (Å²) in [6.07, 6.45) is -2.33. The van der Waals surface area contributed by atoms with Crippen molar-refractivity contribution in [3.63, 3.8) is 0 Å². The Morgan fingerprint density at radius 2 is 2.08 bits per heavy atom. The second-order valence-electron chi connectivity index (χ2n) is 6.51. The fraction of sp³-hybridized carbons (Fsp3) is 0.294. The number of hydrogen-bond donors (Lipinski definition) is 2. The molecule has 3 aromatic rings. The van der Waals surface area contributed by atoms with E-state index in [-0.39, 0.29) is 17.1 Å². The van der Waals surface area contributed by atoms with Crippen LogP contribution < -0.4 is 10.1 Å². The van der Waals surface area contributed by atoms with E-state index in [2.05, 4.69) is 20.3 Å². The zero-order chi connectivity index (χ0) is 17.2. The lowest BCUT2D eigenvalue weighted by Crippen LogP contribution is -2.20. The summed E-state index contributed by atoms with van der Waals surface area (Å²) in [5.74, 6) is 1.28. The molecule has 0 radical (unpaired) electrons. The molecule has 1 aromatic carbocycles. The Morgan fingerprint density at radius 3 is 2.92 bits per heavy atom. The summed E-state index contributed by atoms with van der Waals surface area (Å²) in [7, 11) is 0. The van der Waals surface area contributed by atoms with Gasteiger partial charge in [0, 0.05) is 11.6 Å². The van der Waals surface area contributed by atoms with Crippen LogP contribution in [-0.4, -0.2) is 27.6 Å². The van der Waals surface area contributed by atoms with Gasteiger partial charge in [0.15, 0.2) is 0 Å². The molecule has 1 saturated carbocycles. The molecule has 3 heterocycles. The molecule has 25 heavy (non-hydrogen) atoms. The number of ether oxygens (including phenoxy) is 1. The van der Waals surface area contributed by atoms with Crippen LogP contribution in [-0.2, 0) is 11.6 Å². The van der Waals surface area contributed by atoms with Crippen LogP contribution in [0.3, 0.4) is 0 Å². The van der Waals surface area contributed by atoms with E-state index >= 15 is 0 Å². The topological polar surface area (TPSA) is 62.8 Å². The molecule has 1 aliphatic carbocycles. The van der Waals surface area contributed by atoms with Crippen molar-refractivity contribution in [2.75, 3.05) is 11.9 Å². The van der Waals surface area contributed by atoms with E-state index in [1.54, 1.807) is 0 Å². The van der Waals surface area contributed by atoms with Crippen molar-refractivity contribution in [3.8, 4) is 5.75 Å². The van der Waals surface area contributed by atoms with Crippen LogP contribution in [0.4, 0.5) is 19.0 Å². The number of aromatic amines is 1. The van der Waals surface area contributed by atoms with E-state index in [9.17, 15) is 13.2 Å². The predicted molar refractivity (Wildman–Crippen MR) is 84.5 cm³/mol. The summed E-state index contributed by atoms with van der Waals surface area (Å²) in [5.41, 5.74) is 0.355. The van der Waals surface area contributed by atoms with Gasteiger partial charge in [0.25, 0.3) is 0 Å². The van der Waals surface area contributed by atoms with Gasteiger partial charge in [-0.25, -0.2) is 9.97 Å². The maximum absolute atomic E-state index is 12.9. The average molecular weight is 346 g/mol. The molecule has 5 nitrogen and oxygen atoms in total. The number of H-pyrrole nitrogens is 1. The summed E-state index contributed by atoms with van der Waals surface area (Å²) in [4.78, 5) is 10.3. The van der Waals surface area contributed by atoms with E-state index in [0.717, 1.165) is 23.8 Å². The number of hydrogen-bond acceptors (Lipinski definition) is 4. The Kier molecular flexibility index (Phi) is 2.71. The number of benzene rings is 1. The molecule has 2 N–H and O–H groups in total. The number of para-hydroxylation sites is 1. The predicted octanol–water partition coefficient (Wildman–Crippen LogP) is 3.49. The van der Waals surface area contributed by atoms with Crippen LogP contribution in [0.15, 0.2) is 36.7 Å². The molecule has 0 saturated heterocycles. The minimum atomic E-state index is -4.45. The number of nitrogens with zero attached hydrogens (tertiary/aromatic N) is 2. The van der Waals surface area contributed by atoms with Gasteiger partial charge < -0.3 is 15.0 Å². The van der Waals surface area contributed by atoms with Gasteiger partial charge in [-0.15, -0.1) is 0 Å². The van der Waals surface area contributed by atoms with Crippen molar-refractivity contribution >= 4 is 16.9 Å². The standard InChI is InChI=1S/C17H13F3N4O/c18-17(19,20)12-5-9-14(23-12)21-8-22-15(9)24-13-6-16(13)7-25-11-4-2-1-3-10(11)16/h1-5,8,13H,6-7H2,(H2,21,22,23,24)/t13-,16?/m0/s1. The van der Waals surface area contributed by atoms with Crippen molar-refractivity contribution < 1.29 is 17.9 Å². The largest absolute Gasteiger partial charge is 0.492 e. The monoisotopic (exact) mass is 346 g/mol. The van der Waals surface area contributed by atoms with Crippen molar-refractivity contribution in [2.45, 2.75) is 24.1 Å². The molecule has 8 heteroatoms. The van der Waals surface area contributed by atoms with Gasteiger partial charge in [-0.3, -0.25) is 0 Å². The first-order valence-electron chi connectivity index (χ1n) is 7.87. The van der Waals surface area contributed by atoms with E-state index in [1.807, 2.05) is 24.3 Å². The highest BCUT2D eigenvalue weighted by Crippen LogP contribution is 2.56. The van der Waals surface area contributed by atoms with E-state index < -0.39 is 11.9 Å². The first kappa shape index (κ1) is 14.6. The SMILES string of the molecule is FC(F)(F)c1cc2c(N[C@H]3CC34COc3ccccc34)ncnc2[nH]1. The molecule has 5 rings (SSSR count). The molecule has 2 aliphatic rings. The fourth-order valence-electron chi connectivity index (χ4n) is 3.61. The number of aromatic nitrogens is 3. The molecular weight excluding hydrogens is 333 g/mol. The van der Waals surface area contributed by atoms with Gasteiger partial charge in [0.05, 0.1) is 10.8 Å². The minimum Gasteiger partial charge on any atom is -0.492 e. The first-order valence-corrected chi connectivity index (χ1v) is 7.87. The lowest BCUT2D eigenvalue weighted by atomic mass is 9.97. The number of nitrogens with one attached hydrogen (secondary N) is 2. The second kappa shape index (κ2) is 4.65. The van der Waals surface area contributed by atoms with Gasteiger partial charge in [0.2, 0.25) is 0 Å². The Labute approximate surface area is 140 Å². The zero-order valence-electron chi connectivity index (χ0n) is 12.9. The van der Waals surface area contributed by atoms with Gasteiger partial charge in [-0.1, -0.05) is 18.2 Å². The van der Waals surface area contributed by atoms with Crippen molar-refractivity contribution in [2.24, 2.45) is 0 Å². The third kappa shape index (κ3) is 2.09. The molecule has 1 aliphatic heterocycles. The van der Waals surface area contributed by atoms with Crippen molar-refractivity contribution in [1.82, 2.24) is 15.0 Å². The molecule has 1 unspecified atom stereocenters. The van der Waals surface area contributed by atoms with E-state index in [1.165, 1.54) is 6.33 Å². The second-order valence-corrected chi connectivity index (χ2v) is 6.51. The highest BCUT2D eigenvalue weighted by Gasteiger charge is 2.60. The fourth-order valence-corrected chi connectivity index (χ4v) is 3.61. The normalized spacial score (nSPS) is 24.4. The first-order chi connectivity index (χ1) is 12.0. The van der Waals surface area contributed by atoms with Crippen LogP contribution in [0.25, 0.3) is 11.0 Å². The maximum atomic E-state index is 12.9. The number of fused-ring (bicyclic) bond motifs is 3. The van der Waals surface area contributed by atoms with Crippen LogP contribution in [0.1, 0.15) is 17.7 Å². The Balaban J connectivity index is 1.48. The average Bonchev–Trinajstić information content (AvgIpc) is 2.94. The summed E-state index contributed by atoms with van der Waals surface area (Å²) in [6, 6.07) is 8.98. The smallest absolute Gasteiger partial charge is 0.431 e. The molecular formula is C17H13F3N4O. The van der Waals surface area contributed by atoms with Crippen LogP contribution in [0.2, 0.25) is 0 Å². The molecule has 1 spiro atoms. The molecule has 0 amide bonds. The van der Waals surface area contributed by atoms with Gasteiger partial charge in [-0.05, 0) is 18.6 Å². The quantitative estimate of drug-likeness (QED) is 0.746. The van der Waals surface area contributed by atoms with E-state index in [0.29, 0.717) is 17.8 Å². The van der Waals surface area contributed by atoms with Gasteiger partial charge in [-0.2, -0.15) is 13.2 Å². The van der Waals surface area contributed by atoms with Gasteiger partial charge in [0.1, 0.15) is 35.8 Å². The highest BCUT2D eigenvalue weighted by molar-refractivity contribution is 5.88. The third-order valence-corrected chi connectivity index (χ3v) is 5.03. The summed E-state index contributed by atoms with van der Waals surface area (Å²) in [5, 5.41) is 3.62. The van der Waals surface area contributed by atoms with Crippen molar-refractivity contribution in [3.05, 3.63) is 47.9 Å². The highest BCUT2D eigenvalue weighted by atomic mass is 19.4. The van der Waals surface area contributed by atoms with E-state index in [4.69, 9.17) is 4.74 Å². The van der Waals surface area contributed by atoms with Crippen LogP contribution >= 0.6 is 0 Å². The Morgan fingerprint density at radius 1 is 1.24 bits per heavy atom. The zero-order valence-corrected chi connectivity index (χ0v) is 12.9. The van der Waals surface area contributed by atoms with Crippen LogP contribution in [0, 0.1) is 0 Å². The van der Waals surface area contributed by atoms with Gasteiger partial charge >= 0.3 is 6.18 Å². The van der Waals surface area contributed by atoms with Crippen molar-refractivity contribution in [1.29, 1.82) is 0 Å². The molecule has 2 aromatic heterocycles. The molecule has 128 valence electrons. The number of alkyl halides is 3. The Hall–Kier alpha value is -2.77. The lowest BCUT2D eigenvalue weighted by Gasteiger charge is -2.10. The Bertz CT molecular complexity index is 983. The minimum absolute atomic E-state index is 0.0680. The molecule has 2 atom stereocenters. The molecule has 1 fully saturated rings. The molecule has 0 bridgehead atoms. The summed E-state index contributed by atoms with van der Waals surface area (Å²) < 4.78 is 44.5. The number of anilines is 1. The lowest BCUT2D eigenvalue weighted by molar-refractivity contribution is -0.140. The number of rotatable bonds is 2. The number of halogens is 3. The van der Waals surface area contributed by atoms with Crippen LogP contribution in [0.5, 0.6) is 5.75 Å². The summed E-state index contributed by atoms with van der Waals surface area (Å²) in [6.45, 7) is 0.569. The third-order valence-electron chi connectivity index (χ3n) is 5.03.